The highest BCUT2D eigenvalue weighted by Gasteiger charge is 2.17. The van der Waals surface area contributed by atoms with Crippen LogP contribution in [-0.2, 0) is 9.53 Å². The molecule has 6 nitrogen and oxygen atoms in total. The maximum atomic E-state index is 12.2. The molecule has 0 saturated carbocycles. The van der Waals surface area contributed by atoms with Gasteiger partial charge in [0.25, 0.3) is 0 Å². The highest BCUT2D eigenvalue weighted by atomic mass is 16.5. The minimum absolute atomic E-state index is 0.0939. The number of benzene rings is 1. The monoisotopic (exact) mass is 310 g/mol. The van der Waals surface area contributed by atoms with Crippen molar-refractivity contribution in [3.8, 4) is 17.2 Å². The normalized spacial score (nSPS) is 10.0. The predicted octanol–water partition coefficient (Wildman–Crippen LogP) is 2.63. The molecular formula is C16H22O6. The highest BCUT2D eigenvalue weighted by molar-refractivity contribution is 5.97. The fraction of sp³-hybridized carbons (Fsp3) is 0.500. The average molecular weight is 310 g/mol. The van der Waals surface area contributed by atoms with Crippen LogP contribution in [0.4, 0.5) is 0 Å². The zero-order valence-electron chi connectivity index (χ0n) is 13.4. The Labute approximate surface area is 130 Å². The summed E-state index contributed by atoms with van der Waals surface area (Å²) in [5.74, 6) is 0.906. The SMILES string of the molecule is CCOC(=O)CCCC(=O)c1cc(OC)c(OC)c(OC)c1. The summed E-state index contributed by atoms with van der Waals surface area (Å²) in [5, 5.41) is 0. The van der Waals surface area contributed by atoms with Gasteiger partial charge in [-0.2, -0.15) is 0 Å². The summed E-state index contributed by atoms with van der Waals surface area (Å²) in [5.41, 5.74) is 0.457. The van der Waals surface area contributed by atoms with Crippen LogP contribution in [0.3, 0.4) is 0 Å². The van der Waals surface area contributed by atoms with Crippen LogP contribution in [0.2, 0.25) is 0 Å². The van der Waals surface area contributed by atoms with Gasteiger partial charge in [0.05, 0.1) is 27.9 Å². The van der Waals surface area contributed by atoms with E-state index < -0.39 is 0 Å². The summed E-state index contributed by atoms with van der Waals surface area (Å²) >= 11 is 0. The van der Waals surface area contributed by atoms with Gasteiger partial charge in [-0.15, -0.1) is 0 Å². The van der Waals surface area contributed by atoms with Gasteiger partial charge < -0.3 is 18.9 Å². The van der Waals surface area contributed by atoms with Crippen molar-refractivity contribution in [2.24, 2.45) is 0 Å². The Hall–Kier alpha value is -2.24. The maximum absolute atomic E-state index is 12.2. The zero-order valence-corrected chi connectivity index (χ0v) is 13.4. The lowest BCUT2D eigenvalue weighted by Gasteiger charge is -2.13. The molecule has 0 N–H and O–H groups in total. The van der Waals surface area contributed by atoms with Crippen molar-refractivity contribution in [1.29, 1.82) is 0 Å². The van der Waals surface area contributed by atoms with Crippen molar-refractivity contribution in [3.05, 3.63) is 17.7 Å². The molecule has 0 aliphatic heterocycles. The summed E-state index contributed by atoms with van der Waals surface area (Å²) in [7, 11) is 4.49. The molecule has 0 bridgehead atoms. The molecule has 0 amide bonds. The number of carbonyl (C=O) groups excluding carboxylic acids is 2. The molecule has 1 aromatic carbocycles. The molecule has 0 fully saturated rings. The predicted molar refractivity (Wildman–Crippen MR) is 80.9 cm³/mol. The molecular weight excluding hydrogens is 288 g/mol. The van der Waals surface area contributed by atoms with E-state index >= 15 is 0 Å². The van der Waals surface area contributed by atoms with Crippen molar-refractivity contribution >= 4 is 11.8 Å². The first-order valence-electron chi connectivity index (χ1n) is 7.06. The van der Waals surface area contributed by atoms with Gasteiger partial charge in [0, 0.05) is 18.4 Å². The molecule has 0 spiro atoms. The molecule has 22 heavy (non-hydrogen) atoms. The quantitative estimate of drug-likeness (QED) is 0.516. The lowest BCUT2D eigenvalue weighted by Crippen LogP contribution is -2.06. The van der Waals surface area contributed by atoms with E-state index in [2.05, 4.69) is 0 Å². The number of esters is 1. The second-order valence-corrected chi connectivity index (χ2v) is 4.50. The van der Waals surface area contributed by atoms with E-state index in [1.54, 1.807) is 19.1 Å². The fourth-order valence-corrected chi connectivity index (χ4v) is 2.01. The number of Topliss-reactive ketones (excluding diaryl/α,β-unsaturated/α-hetero) is 1. The van der Waals surface area contributed by atoms with Crippen molar-refractivity contribution in [1.82, 2.24) is 0 Å². The third kappa shape index (κ3) is 4.65. The Bertz CT molecular complexity index is 498. The number of ketones is 1. The van der Waals surface area contributed by atoms with Gasteiger partial charge in [-0.1, -0.05) is 0 Å². The number of ether oxygens (including phenoxy) is 4. The molecule has 6 heteroatoms. The largest absolute Gasteiger partial charge is 0.493 e. The van der Waals surface area contributed by atoms with Crippen molar-refractivity contribution in [2.45, 2.75) is 26.2 Å². The van der Waals surface area contributed by atoms with Crippen LogP contribution in [-0.4, -0.2) is 39.7 Å². The topological polar surface area (TPSA) is 71.1 Å². The van der Waals surface area contributed by atoms with Gasteiger partial charge in [0.1, 0.15) is 0 Å². The van der Waals surface area contributed by atoms with Crippen molar-refractivity contribution in [3.63, 3.8) is 0 Å². The third-order valence-electron chi connectivity index (χ3n) is 3.08. The van der Waals surface area contributed by atoms with Gasteiger partial charge in [0.2, 0.25) is 5.75 Å². The van der Waals surface area contributed by atoms with Crippen LogP contribution in [0, 0.1) is 0 Å². The number of methoxy groups -OCH3 is 3. The van der Waals surface area contributed by atoms with E-state index in [1.165, 1.54) is 21.3 Å². The molecule has 0 aromatic heterocycles. The highest BCUT2D eigenvalue weighted by Crippen LogP contribution is 2.38. The van der Waals surface area contributed by atoms with Gasteiger partial charge in [-0.05, 0) is 25.5 Å². The van der Waals surface area contributed by atoms with E-state index in [4.69, 9.17) is 18.9 Å². The summed E-state index contributed by atoms with van der Waals surface area (Å²) in [6.45, 7) is 2.10. The first-order chi connectivity index (χ1) is 10.6. The van der Waals surface area contributed by atoms with Crippen LogP contribution in [0.5, 0.6) is 17.2 Å². The van der Waals surface area contributed by atoms with E-state index in [0.29, 0.717) is 35.8 Å². The molecule has 1 rings (SSSR count). The molecule has 0 radical (unpaired) electrons. The first kappa shape index (κ1) is 17.8. The maximum Gasteiger partial charge on any atom is 0.305 e. The van der Waals surface area contributed by atoms with Gasteiger partial charge in [-0.25, -0.2) is 0 Å². The molecule has 0 aliphatic rings. The third-order valence-corrected chi connectivity index (χ3v) is 3.08. The standard InChI is InChI=1S/C16H22O6/c1-5-22-15(18)8-6-7-12(17)11-9-13(19-2)16(21-4)14(10-11)20-3/h9-10H,5-8H2,1-4H3. The van der Waals surface area contributed by atoms with Gasteiger partial charge in [0.15, 0.2) is 17.3 Å². The van der Waals surface area contributed by atoms with Crippen LogP contribution < -0.4 is 14.2 Å². The second-order valence-electron chi connectivity index (χ2n) is 4.50. The fourth-order valence-electron chi connectivity index (χ4n) is 2.01. The van der Waals surface area contributed by atoms with Crippen LogP contribution >= 0.6 is 0 Å². The average Bonchev–Trinajstić information content (AvgIpc) is 2.53. The minimum Gasteiger partial charge on any atom is -0.493 e. The molecule has 0 aliphatic carbocycles. The lowest BCUT2D eigenvalue weighted by molar-refractivity contribution is -0.143. The molecule has 0 atom stereocenters. The van der Waals surface area contributed by atoms with E-state index in [-0.39, 0.29) is 24.6 Å². The van der Waals surface area contributed by atoms with E-state index in [9.17, 15) is 9.59 Å². The number of hydrogen-bond donors (Lipinski definition) is 0. The first-order valence-corrected chi connectivity index (χ1v) is 7.06. The summed E-state index contributed by atoms with van der Waals surface area (Å²) < 4.78 is 20.5. The van der Waals surface area contributed by atoms with Gasteiger partial charge in [-0.3, -0.25) is 9.59 Å². The molecule has 1 aromatic rings. The Morgan fingerprint density at radius 2 is 1.55 bits per heavy atom. The number of carbonyl (C=O) groups is 2. The Kier molecular flexibility index (Phi) is 7.22. The summed E-state index contributed by atoms with van der Waals surface area (Å²) in [6, 6.07) is 3.21. The zero-order chi connectivity index (χ0) is 16.5. The summed E-state index contributed by atoms with van der Waals surface area (Å²) in [6.07, 6.45) is 0.912. The molecule has 0 saturated heterocycles. The molecule has 122 valence electrons. The van der Waals surface area contributed by atoms with E-state index in [1.807, 2.05) is 0 Å². The van der Waals surface area contributed by atoms with Crippen molar-refractivity contribution in [2.75, 3.05) is 27.9 Å². The molecule has 0 unspecified atom stereocenters. The molecule has 0 heterocycles. The van der Waals surface area contributed by atoms with Gasteiger partial charge >= 0.3 is 5.97 Å². The summed E-state index contributed by atoms with van der Waals surface area (Å²) in [4.78, 5) is 23.5. The second kappa shape index (κ2) is 8.92. The number of hydrogen-bond acceptors (Lipinski definition) is 6. The van der Waals surface area contributed by atoms with Crippen molar-refractivity contribution < 1.29 is 28.5 Å². The lowest BCUT2D eigenvalue weighted by atomic mass is 10.0. The Morgan fingerprint density at radius 3 is 2.00 bits per heavy atom. The Balaban J connectivity index is 2.79. The number of rotatable bonds is 9. The van der Waals surface area contributed by atoms with Crippen LogP contribution in [0.15, 0.2) is 12.1 Å². The van der Waals surface area contributed by atoms with Crippen LogP contribution in [0.25, 0.3) is 0 Å². The Morgan fingerprint density at radius 1 is 0.955 bits per heavy atom. The smallest absolute Gasteiger partial charge is 0.305 e. The van der Waals surface area contributed by atoms with Crippen LogP contribution in [0.1, 0.15) is 36.5 Å². The minimum atomic E-state index is -0.291. The van der Waals surface area contributed by atoms with E-state index in [0.717, 1.165) is 0 Å².